The normalized spacial score (nSPS) is 13.2. The zero-order chi connectivity index (χ0) is 20.4. The van der Waals surface area contributed by atoms with Crippen molar-refractivity contribution in [3.63, 3.8) is 0 Å². The highest BCUT2D eigenvalue weighted by Crippen LogP contribution is 2.35. The summed E-state index contributed by atoms with van der Waals surface area (Å²) in [4.78, 5) is 25.6. The first-order valence-corrected chi connectivity index (χ1v) is 9.39. The van der Waals surface area contributed by atoms with E-state index in [9.17, 15) is 13.6 Å². The minimum absolute atomic E-state index is 0.0739. The quantitative estimate of drug-likeness (QED) is 0.654. The summed E-state index contributed by atoms with van der Waals surface area (Å²) >= 11 is 0. The molecule has 2 aromatic heterocycles. The van der Waals surface area contributed by atoms with Crippen LogP contribution in [0.4, 0.5) is 20.3 Å². The lowest BCUT2D eigenvalue weighted by Crippen LogP contribution is -2.18. The number of carbonyl (C=O) groups is 1. The molecule has 1 aliphatic carbocycles. The van der Waals surface area contributed by atoms with Gasteiger partial charge in [-0.2, -0.15) is 0 Å². The third-order valence-electron chi connectivity index (χ3n) is 4.66. The second-order valence-corrected chi connectivity index (χ2v) is 6.79. The van der Waals surface area contributed by atoms with E-state index in [0.29, 0.717) is 23.5 Å². The Balaban J connectivity index is 1.78. The lowest BCUT2D eigenvalue weighted by molar-refractivity contribution is 0.102. The minimum atomic E-state index is -0.771. The SMILES string of the molecule is CCc1ncccc1C(=O)Nc1c(NC2CC2)ncnc1-c1ccc(F)cc1F. The Morgan fingerprint density at radius 1 is 1.17 bits per heavy atom. The second kappa shape index (κ2) is 7.90. The van der Waals surface area contributed by atoms with Crippen molar-refractivity contribution >= 4 is 17.4 Å². The average Bonchev–Trinajstić information content (AvgIpc) is 3.53. The molecular weight excluding hydrogens is 376 g/mol. The van der Waals surface area contributed by atoms with Crippen LogP contribution in [-0.4, -0.2) is 26.9 Å². The van der Waals surface area contributed by atoms with Crippen molar-refractivity contribution in [1.29, 1.82) is 0 Å². The van der Waals surface area contributed by atoms with Gasteiger partial charge in [0, 0.05) is 23.9 Å². The van der Waals surface area contributed by atoms with Crippen LogP contribution in [0.15, 0.2) is 42.9 Å². The molecule has 6 nitrogen and oxygen atoms in total. The van der Waals surface area contributed by atoms with Gasteiger partial charge in [0.25, 0.3) is 5.91 Å². The molecule has 0 aliphatic heterocycles. The molecule has 0 radical (unpaired) electrons. The largest absolute Gasteiger partial charge is 0.365 e. The average molecular weight is 395 g/mol. The van der Waals surface area contributed by atoms with Gasteiger partial charge < -0.3 is 10.6 Å². The Kier molecular flexibility index (Phi) is 5.16. The number of halogens is 2. The van der Waals surface area contributed by atoms with E-state index in [1.54, 1.807) is 18.3 Å². The molecule has 29 heavy (non-hydrogen) atoms. The van der Waals surface area contributed by atoms with Crippen LogP contribution in [0.5, 0.6) is 0 Å². The molecule has 1 fully saturated rings. The summed E-state index contributed by atoms with van der Waals surface area (Å²) in [5.41, 5.74) is 1.57. The highest BCUT2D eigenvalue weighted by Gasteiger charge is 2.26. The van der Waals surface area contributed by atoms with Crippen molar-refractivity contribution in [2.75, 3.05) is 10.6 Å². The van der Waals surface area contributed by atoms with Crippen LogP contribution in [0, 0.1) is 11.6 Å². The maximum atomic E-state index is 14.5. The van der Waals surface area contributed by atoms with E-state index >= 15 is 0 Å². The van der Waals surface area contributed by atoms with Gasteiger partial charge in [-0.1, -0.05) is 6.92 Å². The fourth-order valence-electron chi connectivity index (χ4n) is 3.03. The molecule has 2 heterocycles. The third kappa shape index (κ3) is 4.06. The van der Waals surface area contributed by atoms with Crippen LogP contribution in [-0.2, 0) is 6.42 Å². The zero-order valence-corrected chi connectivity index (χ0v) is 15.7. The number of amides is 1. The topological polar surface area (TPSA) is 79.8 Å². The first-order valence-electron chi connectivity index (χ1n) is 9.39. The summed E-state index contributed by atoms with van der Waals surface area (Å²) in [5.74, 6) is -1.46. The van der Waals surface area contributed by atoms with Gasteiger partial charge in [-0.15, -0.1) is 0 Å². The van der Waals surface area contributed by atoms with Crippen LogP contribution in [0.3, 0.4) is 0 Å². The molecule has 148 valence electrons. The van der Waals surface area contributed by atoms with E-state index in [4.69, 9.17) is 0 Å². The molecule has 1 aromatic carbocycles. The number of hydrogen-bond acceptors (Lipinski definition) is 5. The smallest absolute Gasteiger partial charge is 0.257 e. The summed E-state index contributed by atoms with van der Waals surface area (Å²) in [5, 5.41) is 6.05. The maximum Gasteiger partial charge on any atom is 0.257 e. The summed E-state index contributed by atoms with van der Waals surface area (Å²) in [6.07, 6.45) is 5.47. The molecule has 0 saturated heterocycles. The highest BCUT2D eigenvalue weighted by atomic mass is 19.1. The fourth-order valence-corrected chi connectivity index (χ4v) is 3.03. The monoisotopic (exact) mass is 395 g/mol. The highest BCUT2D eigenvalue weighted by molar-refractivity contribution is 6.08. The van der Waals surface area contributed by atoms with E-state index in [-0.39, 0.29) is 23.0 Å². The number of aryl methyl sites for hydroxylation is 1. The molecule has 0 bridgehead atoms. The van der Waals surface area contributed by atoms with Gasteiger partial charge >= 0.3 is 0 Å². The Morgan fingerprint density at radius 2 is 2.00 bits per heavy atom. The van der Waals surface area contributed by atoms with Crippen LogP contribution in [0.25, 0.3) is 11.3 Å². The molecule has 1 aliphatic rings. The predicted octanol–water partition coefficient (Wildman–Crippen LogP) is 4.21. The van der Waals surface area contributed by atoms with Gasteiger partial charge in [0.05, 0.1) is 11.3 Å². The minimum Gasteiger partial charge on any atom is -0.365 e. The van der Waals surface area contributed by atoms with E-state index in [1.807, 2.05) is 6.92 Å². The van der Waals surface area contributed by atoms with Crippen molar-refractivity contribution in [2.24, 2.45) is 0 Å². The van der Waals surface area contributed by atoms with Crippen molar-refractivity contribution in [2.45, 2.75) is 32.2 Å². The van der Waals surface area contributed by atoms with Gasteiger partial charge in [0.15, 0.2) is 5.82 Å². The van der Waals surface area contributed by atoms with E-state index in [0.717, 1.165) is 25.0 Å². The van der Waals surface area contributed by atoms with Crippen molar-refractivity contribution in [3.8, 4) is 11.3 Å². The molecular formula is C21H19F2N5O. The van der Waals surface area contributed by atoms with E-state index in [1.165, 1.54) is 12.4 Å². The maximum absolute atomic E-state index is 14.5. The number of hydrogen-bond donors (Lipinski definition) is 2. The molecule has 1 saturated carbocycles. The van der Waals surface area contributed by atoms with Gasteiger partial charge in [-0.25, -0.2) is 18.7 Å². The summed E-state index contributed by atoms with van der Waals surface area (Å²) < 4.78 is 27.8. The summed E-state index contributed by atoms with van der Waals surface area (Å²) in [6.45, 7) is 1.91. The number of rotatable bonds is 6. The third-order valence-corrected chi connectivity index (χ3v) is 4.66. The van der Waals surface area contributed by atoms with E-state index in [2.05, 4.69) is 25.6 Å². The van der Waals surface area contributed by atoms with Crippen LogP contribution in [0.2, 0.25) is 0 Å². The van der Waals surface area contributed by atoms with Gasteiger partial charge in [-0.3, -0.25) is 9.78 Å². The van der Waals surface area contributed by atoms with Crippen molar-refractivity contribution in [1.82, 2.24) is 15.0 Å². The Labute approximate surface area is 166 Å². The predicted molar refractivity (Wildman–Crippen MR) is 106 cm³/mol. The molecule has 0 unspecified atom stereocenters. The molecule has 2 N–H and O–H groups in total. The first kappa shape index (κ1) is 18.9. The Bertz CT molecular complexity index is 1070. The van der Waals surface area contributed by atoms with E-state index < -0.39 is 17.5 Å². The van der Waals surface area contributed by atoms with Crippen molar-refractivity contribution < 1.29 is 13.6 Å². The number of carbonyl (C=O) groups excluding carboxylic acids is 1. The number of nitrogens with one attached hydrogen (secondary N) is 2. The number of nitrogens with zero attached hydrogens (tertiary/aromatic N) is 3. The lowest BCUT2D eigenvalue weighted by Gasteiger charge is -2.16. The van der Waals surface area contributed by atoms with Crippen LogP contribution < -0.4 is 10.6 Å². The van der Waals surface area contributed by atoms with Crippen molar-refractivity contribution in [3.05, 3.63) is 65.7 Å². The lowest BCUT2D eigenvalue weighted by atomic mass is 10.1. The number of aromatic nitrogens is 3. The zero-order valence-electron chi connectivity index (χ0n) is 15.7. The van der Waals surface area contributed by atoms with Gasteiger partial charge in [0.2, 0.25) is 0 Å². The van der Waals surface area contributed by atoms with Crippen LogP contribution in [0.1, 0.15) is 35.8 Å². The fraction of sp³-hybridized carbons (Fsp3) is 0.238. The Hall–Kier alpha value is -3.42. The molecule has 3 aromatic rings. The van der Waals surface area contributed by atoms with Gasteiger partial charge in [0.1, 0.15) is 29.3 Å². The molecule has 0 atom stereocenters. The van der Waals surface area contributed by atoms with Gasteiger partial charge in [-0.05, 0) is 43.5 Å². The molecule has 0 spiro atoms. The van der Waals surface area contributed by atoms with Crippen LogP contribution >= 0.6 is 0 Å². The Morgan fingerprint density at radius 3 is 2.72 bits per heavy atom. The standard InChI is InChI=1S/C21H19F2N5O/c1-2-17-15(4-3-9-24-17)21(29)28-19-18(14-8-5-12(22)10-16(14)23)25-11-26-20(19)27-13-6-7-13/h3-5,8-11,13H,2,6-7H2,1H3,(H,28,29)(H,25,26,27). The number of pyridine rings is 1. The first-order chi connectivity index (χ1) is 14.1. The summed E-state index contributed by atoms with van der Waals surface area (Å²) in [7, 11) is 0. The molecule has 1 amide bonds. The number of anilines is 2. The summed E-state index contributed by atoms with van der Waals surface area (Å²) in [6, 6.07) is 6.84. The number of benzene rings is 1. The molecule has 4 rings (SSSR count). The molecule has 8 heteroatoms. The second-order valence-electron chi connectivity index (χ2n) is 6.79.